The highest BCUT2D eigenvalue weighted by atomic mass is 16.4. The molecule has 0 radical (unpaired) electrons. The fraction of sp³-hybridized carbons (Fsp3) is 0.500. The Balaban J connectivity index is 2.13. The number of amides is 1. The van der Waals surface area contributed by atoms with Gasteiger partial charge in [0.1, 0.15) is 6.04 Å². The standard InChI is InChI=1S/C16H21NO3/c1-11(13-6-4-3-5-7-13)10-15(16(19)20)17(12(2)18)14-8-9-14/h3-7,11,14-15H,8-10H2,1-2H3,(H,19,20). The molecule has 1 aliphatic rings. The highest BCUT2D eigenvalue weighted by Gasteiger charge is 2.39. The van der Waals surface area contributed by atoms with E-state index in [4.69, 9.17) is 0 Å². The van der Waals surface area contributed by atoms with E-state index in [-0.39, 0.29) is 17.9 Å². The summed E-state index contributed by atoms with van der Waals surface area (Å²) in [5.41, 5.74) is 1.11. The summed E-state index contributed by atoms with van der Waals surface area (Å²) in [6.07, 6.45) is 2.29. The van der Waals surface area contributed by atoms with Crippen molar-refractivity contribution < 1.29 is 14.7 Å². The molecular weight excluding hydrogens is 254 g/mol. The first-order valence-corrected chi connectivity index (χ1v) is 7.07. The van der Waals surface area contributed by atoms with Gasteiger partial charge in [-0.05, 0) is 30.7 Å². The molecule has 2 rings (SSSR count). The number of aliphatic carboxylic acids is 1. The Morgan fingerprint density at radius 2 is 1.90 bits per heavy atom. The molecule has 4 heteroatoms. The number of benzene rings is 1. The first kappa shape index (κ1) is 14.6. The summed E-state index contributed by atoms with van der Waals surface area (Å²) in [7, 11) is 0. The zero-order valence-corrected chi connectivity index (χ0v) is 12.0. The van der Waals surface area contributed by atoms with Gasteiger partial charge in [0.2, 0.25) is 5.91 Å². The SMILES string of the molecule is CC(=O)N(C1CC1)C(CC(C)c1ccccc1)C(=O)O. The van der Waals surface area contributed by atoms with E-state index in [1.165, 1.54) is 6.92 Å². The van der Waals surface area contributed by atoms with Crippen LogP contribution >= 0.6 is 0 Å². The van der Waals surface area contributed by atoms with E-state index in [0.29, 0.717) is 6.42 Å². The zero-order valence-electron chi connectivity index (χ0n) is 12.0. The van der Waals surface area contributed by atoms with Crippen molar-refractivity contribution in [2.24, 2.45) is 0 Å². The van der Waals surface area contributed by atoms with Gasteiger partial charge < -0.3 is 10.0 Å². The molecule has 2 atom stereocenters. The van der Waals surface area contributed by atoms with Crippen LogP contribution in [-0.4, -0.2) is 34.0 Å². The van der Waals surface area contributed by atoms with E-state index in [2.05, 4.69) is 0 Å². The van der Waals surface area contributed by atoms with Crippen molar-refractivity contribution in [3.63, 3.8) is 0 Å². The third-order valence-electron chi connectivity index (χ3n) is 3.87. The molecule has 1 fully saturated rings. The normalized spacial score (nSPS) is 17.3. The predicted octanol–water partition coefficient (Wildman–Crippen LogP) is 2.64. The monoisotopic (exact) mass is 275 g/mol. The summed E-state index contributed by atoms with van der Waals surface area (Å²) in [6.45, 7) is 3.47. The molecule has 1 aliphatic carbocycles. The Kier molecular flexibility index (Phi) is 4.42. The average molecular weight is 275 g/mol. The van der Waals surface area contributed by atoms with Crippen LogP contribution in [0.5, 0.6) is 0 Å². The van der Waals surface area contributed by atoms with Gasteiger partial charge in [-0.15, -0.1) is 0 Å². The van der Waals surface area contributed by atoms with Crippen molar-refractivity contribution in [2.45, 2.75) is 51.1 Å². The maximum Gasteiger partial charge on any atom is 0.326 e. The molecule has 1 aromatic carbocycles. The molecule has 20 heavy (non-hydrogen) atoms. The molecule has 2 unspecified atom stereocenters. The van der Waals surface area contributed by atoms with Crippen LogP contribution < -0.4 is 0 Å². The molecule has 1 aromatic rings. The summed E-state index contributed by atoms with van der Waals surface area (Å²) in [6, 6.07) is 9.23. The molecule has 0 heterocycles. The summed E-state index contributed by atoms with van der Waals surface area (Å²) in [5, 5.41) is 9.47. The van der Waals surface area contributed by atoms with E-state index in [9.17, 15) is 14.7 Å². The van der Waals surface area contributed by atoms with Crippen LogP contribution in [0.15, 0.2) is 30.3 Å². The van der Waals surface area contributed by atoms with E-state index in [1.807, 2.05) is 37.3 Å². The number of carboxylic acids is 1. The summed E-state index contributed by atoms with van der Waals surface area (Å²) < 4.78 is 0. The smallest absolute Gasteiger partial charge is 0.326 e. The molecule has 0 spiro atoms. The molecule has 1 saturated carbocycles. The lowest BCUT2D eigenvalue weighted by molar-refractivity contribution is -0.150. The molecule has 0 saturated heterocycles. The van der Waals surface area contributed by atoms with Gasteiger partial charge >= 0.3 is 5.97 Å². The van der Waals surface area contributed by atoms with Crippen LogP contribution in [0.1, 0.15) is 44.6 Å². The minimum absolute atomic E-state index is 0.109. The molecular formula is C16H21NO3. The van der Waals surface area contributed by atoms with Crippen molar-refractivity contribution in [2.75, 3.05) is 0 Å². The summed E-state index contributed by atoms with van der Waals surface area (Å²) in [5.74, 6) is -0.937. The van der Waals surface area contributed by atoms with Gasteiger partial charge in [-0.3, -0.25) is 4.79 Å². The maximum absolute atomic E-state index is 11.8. The Hall–Kier alpha value is -1.84. The van der Waals surface area contributed by atoms with Crippen LogP contribution in [0, 0.1) is 0 Å². The van der Waals surface area contributed by atoms with E-state index < -0.39 is 12.0 Å². The second-order valence-electron chi connectivity index (χ2n) is 5.56. The van der Waals surface area contributed by atoms with Gasteiger partial charge in [0.15, 0.2) is 0 Å². The third kappa shape index (κ3) is 3.38. The zero-order chi connectivity index (χ0) is 14.7. The minimum Gasteiger partial charge on any atom is -0.480 e. The quantitative estimate of drug-likeness (QED) is 0.868. The van der Waals surface area contributed by atoms with Crippen LogP contribution in [-0.2, 0) is 9.59 Å². The van der Waals surface area contributed by atoms with Gasteiger partial charge in [0.25, 0.3) is 0 Å². The molecule has 0 aromatic heterocycles. The summed E-state index contributed by atoms with van der Waals surface area (Å²) in [4.78, 5) is 24.9. The third-order valence-corrected chi connectivity index (χ3v) is 3.87. The number of carbonyl (C=O) groups is 2. The second kappa shape index (κ2) is 6.07. The van der Waals surface area contributed by atoms with Crippen molar-refractivity contribution in [3.8, 4) is 0 Å². The van der Waals surface area contributed by atoms with Gasteiger partial charge in [0.05, 0.1) is 0 Å². The first-order chi connectivity index (χ1) is 9.50. The molecule has 108 valence electrons. The Morgan fingerprint density at radius 1 is 1.30 bits per heavy atom. The highest BCUT2D eigenvalue weighted by molar-refractivity contribution is 5.82. The topological polar surface area (TPSA) is 57.6 Å². The first-order valence-electron chi connectivity index (χ1n) is 7.07. The average Bonchev–Trinajstić information content (AvgIpc) is 3.22. The number of carboxylic acid groups (broad SMARTS) is 1. The van der Waals surface area contributed by atoms with E-state index in [0.717, 1.165) is 18.4 Å². The number of carbonyl (C=O) groups excluding carboxylic acids is 1. The summed E-state index contributed by atoms with van der Waals surface area (Å²) >= 11 is 0. The Labute approximate surface area is 119 Å². The fourth-order valence-corrected chi connectivity index (χ4v) is 2.67. The molecule has 1 N–H and O–H groups in total. The van der Waals surface area contributed by atoms with Crippen molar-refractivity contribution in [3.05, 3.63) is 35.9 Å². The minimum atomic E-state index is -0.908. The Bertz CT molecular complexity index is 482. The van der Waals surface area contributed by atoms with Crippen LogP contribution in [0.4, 0.5) is 0 Å². The van der Waals surface area contributed by atoms with Gasteiger partial charge in [-0.25, -0.2) is 4.79 Å². The van der Waals surface area contributed by atoms with Crippen LogP contribution in [0.2, 0.25) is 0 Å². The Morgan fingerprint density at radius 3 is 2.35 bits per heavy atom. The van der Waals surface area contributed by atoms with Crippen molar-refractivity contribution in [1.82, 2.24) is 4.90 Å². The lowest BCUT2D eigenvalue weighted by atomic mass is 9.93. The number of hydrogen-bond donors (Lipinski definition) is 1. The van der Waals surface area contributed by atoms with Gasteiger partial charge in [-0.2, -0.15) is 0 Å². The van der Waals surface area contributed by atoms with E-state index >= 15 is 0 Å². The molecule has 1 amide bonds. The van der Waals surface area contributed by atoms with Crippen molar-refractivity contribution >= 4 is 11.9 Å². The largest absolute Gasteiger partial charge is 0.480 e. The number of nitrogens with zero attached hydrogens (tertiary/aromatic N) is 1. The highest BCUT2D eigenvalue weighted by Crippen LogP contribution is 2.32. The molecule has 0 aliphatic heterocycles. The second-order valence-corrected chi connectivity index (χ2v) is 5.56. The maximum atomic E-state index is 11.8. The lowest BCUT2D eigenvalue weighted by Gasteiger charge is -2.30. The van der Waals surface area contributed by atoms with E-state index in [1.54, 1.807) is 4.90 Å². The van der Waals surface area contributed by atoms with Gasteiger partial charge in [-0.1, -0.05) is 37.3 Å². The fourth-order valence-electron chi connectivity index (χ4n) is 2.67. The lowest BCUT2D eigenvalue weighted by Crippen LogP contribution is -2.46. The molecule has 0 bridgehead atoms. The number of hydrogen-bond acceptors (Lipinski definition) is 2. The number of rotatable bonds is 6. The molecule has 4 nitrogen and oxygen atoms in total. The van der Waals surface area contributed by atoms with Crippen LogP contribution in [0.25, 0.3) is 0 Å². The van der Waals surface area contributed by atoms with Crippen LogP contribution in [0.3, 0.4) is 0 Å². The van der Waals surface area contributed by atoms with Gasteiger partial charge in [0, 0.05) is 13.0 Å². The predicted molar refractivity (Wildman–Crippen MR) is 76.4 cm³/mol. The van der Waals surface area contributed by atoms with Crippen molar-refractivity contribution in [1.29, 1.82) is 0 Å².